The van der Waals surface area contributed by atoms with Crippen LogP contribution in [0.4, 0.5) is 35.1 Å². The van der Waals surface area contributed by atoms with Gasteiger partial charge in [0.1, 0.15) is 0 Å². The van der Waals surface area contributed by atoms with E-state index >= 15 is 0 Å². The number of fused-ring (bicyclic) bond motifs is 3. The summed E-state index contributed by atoms with van der Waals surface area (Å²) in [6.07, 6.45) is 0. The summed E-state index contributed by atoms with van der Waals surface area (Å²) in [6.45, 7) is 0. The summed E-state index contributed by atoms with van der Waals surface area (Å²) in [4.78, 5) is 11.8. The first kappa shape index (κ1) is 14.5. The van der Waals surface area contributed by atoms with Crippen molar-refractivity contribution in [2.24, 2.45) is 0 Å². The summed E-state index contributed by atoms with van der Waals surface area (Å²) in [5.41, 5.74) is -6.05. The third kappa shape index (κ3) is 1.45. The molecule has 22 heavy (non-hydrogen) atoms. The van der Waals surface area contributed by atoms with Crippen LogP contribution >= 0.6 is 0 Å². The van der Waals surface area contributed by atoms with E-state index in [2.05, 4.69) is 0 Å². The summed E-state index contributed by atoms with van der Waals surface area (Å²) in [5.74, 6) is -20.3. The molecule has 0 saturated heterocycles. The zero-order valence-electron chi connectivity index (χ0n) is 9.93. The lowest BCUT2D eigenvalue weighted by atomic mass is 10.0. The van der Waals surface area contributed by atoms with Crippen LogP contribution in [0.15, 0.2) is 0 Å². The highest BCUT2D eigenvalue weighted by molar-refractivity contribution is 6.22. The fourth-order valence-electron chi connectivity index (χ4n) is 2.28. The average Bonchev–Trinajstić information content (AvgIpc) is 2.80. The van der Waals surface area contributed by atoms with E-state index in [9.17, 15) is 39.9 Å². The second-order valence-electron chi connectivity index (χ2n) is 4.34. The first-order valence-corrected chi connectivity index (χ1v) is 5.47. The molecular formula is C13F8O. The summed E-state index contributed by atoms with van der Waals surface area (Å²) in [5, 5.41) is 0. The molecule has 0 spiro atoms. The predicted molar refractivity (Wildman–Crippen MR) is 55.0 cm³/mol. The van der Waals surface area contributed by atoms with Crippen LogP contribution in [0, 0.1) is 46.5 Å². The summed E-state index contributed by atoms with van der Waals surface area (Å²) in [6, 6.07) is 0. The molecule has 0 saturated carbocycles. The van der Waals surface area contributed by atoms with Crippen molar-refractivity contribution in [3.63, 3.8) is 0 Å². The zero-order valence-corrected chi connectivity index (χ0v) is 9.93. The Morgan fingerprint density at radius 3 is 0.864 bits per heavy atom. The second-order valence-corrected chi connectivity index (χ2v) is 4.34. The van der Waals surface area contributed by atoms with Crippen molar-refractivity contribution in [3.05, 3.63) is 57.7 Å². The molecule has 0 amide bonds. The molecule has 3 rings (SSSR count). The van der Waals surface area contributed by atoms with E-state index in [1.54, 1.807) is 0 Å². The normalized spacial score (nSPS) is 12.6. The largest absolute Gasteiger partial charge is 0.288 e. The number of carbonyl (C=O) groups is 1. The van der Waals surface area contributed by atoms with Gasteiger partial charge in [0.05, 0.1) is 11.1 Å². The number of ketones is 1. The minimum Gasteiger partial charge on any atom is -0.288 e. The molecule has 0 atom stereocenters. The molecule has 9 heteroatoms. The van der Waals surface area contributed by atoms with Crippen molar-refractivity contribution >= 4 is 5.78 Å². The van der Waals surface area contributed by atoms with Crippen LogP contribution in [0.25, 0.3) is 11.1 Å². The molecule has 1 nitrogen and oxygen atoms in total. The van der Waals surface area contributed by atoms with E-state index in [4.69, 9.17) is 0 Å². The molecular weight excluding hydrogens is 324 g/mol. The summed E-state index contributed by atoms with van der Waals surface area (Å²) >= 11 is 0. The smallest absolute Gasteiger partial charge is 0.200 e. The highest BCUT2D eigenvalue weighted by atomic mass is 19.2. The van der Waals surface area contributed by atoms with Crippen LogP contribution in [0.1, 0.15) is 15.9 Å². The van der Waals surface area contributed by atoms with Crippen molar-refractivity contribution in [2.75, 3.05) is 0 Å². The van der Waals surface area contributed by atoms with Crippen LogP contribution < -0.4 is 0 Å². The molecule has 0 aromatic heterocycles. The number of hydrogen-bond acceptors (Lipinski definition) is 1. The Balaban J connectivity index is 2.59. The first-order chi connectivity index (χ1) is 10.2. The van der Waals surface area contributed by atoms with E-state index < -0.39 is 74.6 Å². The number of benzene rings is 2. The Morgan fingerprint density at radius 1 is 0.364 bits per heavy atom. The monoisotopic (exact) mass is 324 g/mol. The van der Waals surface area contributed by atoms with Gasteiger partial charge in [0.15, 0.2) is 46.5 Å². The maximum Gasteiger partial charge on any atom is 0.200 e. The molecule has 0 heterocycles. The van der Waals surface area contributed by atoms with Crippen molar-refractivity contribution in [1.82, 2.24) is 0 Å². The van der Waals surface area contributed by atoms with Gasteiger partial charge in [0.2, 0.25) is 5.78 Å². The van der Waals surface area contributed by atoms with E-state index in [-0.39, 0.29) is 0 Å². The first-order valence-electron chi connectivity index (χ1n) is 5.47. The van der Waals surface area contributed by atoms with E-state index in [1.165, 1.54) is 0 Å². The van der Waals surface area contributed by atoms with Gasteiger partial charge in [-0.15, -0.1) is 0 Å². The molecule has 2 aromatic carbocycles. The average molecular weight is 324 g/mol. The third-order valence-corrected chi connectivity index (χ3v) is 3.24. The fraction of sp³-hybridized carbons (Fsp3) is 0. The van der Waals surface area contributed by atoms with Crippen LogP contribution in [0.3, 0.4) is 0 Å². The third-order valence-electron chi connectivity index (χ3n) is 3.24. The Morgan fingerprint density at radius 2 is 0.591 bits per heavy atom. The maximum atomic E-state index is 13.7. The molecule has 0 unspecified atom stereocenters. The molecule has 0 fully saturated rings. The van der Waals surface area contributed by atoms with Gasteiger partial charge in [-0.1, -0.05) is 0 Å². The Labute approximate surface area is 115 Å². The Bertz CT molecular complexity index is 816. The lowest BCUT2D eigenvalue weighted by Gasteiger charge is -2.07. The van der Waals surface area contributed by atoms with Crippen LogP contribution in [0.2, 0.25) is 0 Å². The highest BCUT2D eigenvalue weighted by Gasteiger charge is 2.43. The van der Waals surface area contributed by atoms with Crippen molar-refractivity contribution in [2.45, 2.75) is 0 Å². The van der Waals surface area contributed by atoms with Gasteiger partial charge in [-0.05, 0) is 0 Å². The highest BCUT2D eigenvalue weighted by Crippen LogP contribution is 2.45. The summed E-state index contributed by atoms with van der Waals surface area (Å²) < 4.78 is 107. The predicted octanol–water partition coefficient (Wildman–Crippen LogP) is 4.01. The van der Waals surface area contributed by atoms with E-state index in [0.717, 1.165) is 0 Å². The summed E-state index contributed by atoms with van der Waals surface area (Å²) in [7, 11) is 0. The number of halogens is 8. The van der Waals surface area contributed by atoms with Crippen LogP contribution in [0.5, 0.6) is 0 Å². The molecule has 0 aliphatic heterocycles. The van der Waals surface area contributed by atoms with Gasteiger partial charge in [0.25, 0.3) is 0 Å². The Kier molecular flexibility index (Phi) is 2.82. The van der Waals surface area contributed by atoms with Gasteiger partial charge >= 0.3 is 0 Å². The molecule has 0 N–H and O–H groups in total. The SMILES string of the molecule is O=C1c2c(F)c(F)c(F)c(F)c2-c2c(F)c(F)c(F)c(F)c21. The van der Waals surface area contributed by atoms with Gasteiger partial charge in [-0.3, -0.25) is 4.79 Å². The molecule has 1 aliphatic carbocycles. The minimum atomic E-state index is -2.40. The number of hydrogen-bond donors (Lipinski definition) is 0. The van der Waals surface area contributed by atoms with E-state index in [0.29, 0.717) is 0 Å². The minimum absolute atomic E-state index is 1.49. The molecule has 114 valence electrons. The second kappa shape index (κ2) is 4.28. The van der Waals surface area contributed by atoms with Crippen LogP contribution in [-0.4, -0.2) is 5.78 Å². The fourth-order valence-corrected chi connectivity index (χ4v) is 2.28. The zero-order chi connectivity index (χ0) is 16.5. The van der Waals surface area contributed by atoms with Crippen molar-refractivity contribution < 1.29 is 39.9 Å². The van der Waals surface area contributed by atoms with Gasteiger partial charge < -0.3 is 0 Å². The lowest BCUT2D eigenvalue weighted by Crippen LogP contribution is -2.07. The molecule has 2 aromatic rings. The number of carbonyl (C=O) groups excluding carboxylic acids is 1. The molecule has 0 radical (unpaired) electrons. The molecule has 1 aliphatic rings. The van der Waals surface area contributed by atoms with E-state index in [1.807, 2.05) is 0 Å². The van der Waals surface area contributed by atoms with Gasteiger partial charge in [-0.2, -0.15) is 0 Å². The van der Waals surface area contributed by atoms with Crippen LogP contribution in [-0.2, 0) is 0 Å². The lowest BCUT2D eigenvalue weighted by molar-refractivity contribution is 0.103. The Hall–Kier alpha value is -2.45. The van der Waals surface area contributed by atoms with Gasteiger partial charge in [-0.25, -0.2) is 35.1 Å². The molecule has 0 bridgehead atoms. The maximum absolute atomic E-state index is 13.7. The quantitative estimate of drug-likeness (QED) is 0.347. The topological polar surface area (TPSA) is 17.1 Å². The van der Waals surface area contributed by atoms with Crippen molar-refractivity contribution in [1.29, 1.82) is 0 Å². The standard InChI is InChI=1S/C13F8O/c14-5-1-2-4(8(17)12(21)10(19)6(2)15)13(22)3(1)7(16)11(20)9(5)18. The number of rotatable bonds is 0. The van der Waals surface area contributed by atoms with Crippen molar-refractivity contribution in [3.8, 4) is 11.1 Å². The van der Waals surface area contributed by atoms with Gasteiger partial charge in [0, 0.05) is 11.1 Å².